The quantitative estimate of drug-likeness (QED) is 0.599. The molecule has 1 fully saturated rings. The first-order valence-electron chi connectivity index (χ1n) is 10.9. The Hall–Kier alpha value is -3.45. The maximum absolute atomic E-state index is 13.1. The van der Waals surface area contributed by atoms with Crippen LogP contribution in [-0.2, 0) is 13.1 Å². The molecule has 0 aliphatic carbocycles. The predicted octanol–water partition coefficient (Wildman–Crippen LogP) is 2.65. The minimum atomic E-state index is -0.216. The highest BCUT2D eigenvalue weighted by molar-refractivity contribution is 5.92. The summed E-state index contributed by atoms with van der Waals surface area (Å²) in [5.41, 5.74) is 2.28. The van der Waals surface area contributed by atoms with Gasteiger partial charge in [0.05, 0.1) is 13.7 Å². The fraction of sp³-hybridized carbons (Fsp3) is 0.320. The average Bonchev–Trinajstić information content (AvgIpc) is 3.07. The Morgan fingerprint density at radius 2 is 1.62 bits per heavy atom. The lowest BCUT2D eigenvalue weighted by molar-refractivity contribution is 0.0752. The fourth-order valence-corrected chi connectivity index (χ4v) is 3.92. The van der Waals surface area contributed by atoms with E-state index in [0.717, 1.165) is 37.4 Å². The van der Waals surface area contributed by atoms with Crippen molar-refractivity contribution in [1.82, 2.24) is 19.6 Å². The van der Waals surface area contributed by atoms with Crippen LogP contribution in [0.15, 0.2) is 71.5 Å². The second kappa shape index (κ2) is 10.2. The normalized spacial score (nSPS) is 14.7. The van der Waals surface area contributed by atoms with E-state index in [0.29, 0.717) is 25.3 Å². The Bertz CT molecular complexity index is 1100. The van der Waals surface area contributed by atoms with Gasteiger partial charge < -0.3 is 9.64 Å². The number of ether oxygens (including phenoxy) is 1. The average molecular weight is 433 g/mol. The standard InChI is InChI=1S/C25H28N4O3/c1-32-22-10-8-21(9-11-22)18-27-14-5-15-28(17-16-27)25(31)23-12-13-24(30)29(26-23)19-20-6-3-2-4-7-20/h2-4,6-13H,5,14-19H2,1H3. The Morgan fingerprint density at radius 1 is 0.875 bits per heavy atom. The van der Waals surface area contributed by atoms with Gasteiger partial charge in [-0.05, 0) is 35.7 Å². The van der Waals surface area contributed by atoms with Gasteiger partial charge in [-0.25, -0.2) is 4.68 Å². The first kappa shape index (κ1) is 21.8. The molecule has 7 nitrogen and oxygen atoms in total. The first-order valence-corrected chi connectivity index (χ1v) is 10.9. The van der Waals surface area contributed by atoms with Crippen LogP contribution in [0.1, 0.15) is 28.0 Å². The first-order chi connectivity index (χ1) is 15.6. The Kier molecular flexibility index (Phi) is 6.97. The summed E-state index contributed by atoms with van der Waals surface area (Å²) in [5, 5.41) is 4.36. The van der Waals surface area contributed by atoms with Crippen molar-refractivity contribution < 1.29 is 9.53 Å². The summed E-state index contributed by atoms with van der Waals surface area (Å²) in [5.74, 6) is 0.723. The summed E-state index contributed by atoms with van der Waals surface area (Å²) in [6.07, 6.45) is 0.894. The van der Waals surface area contributed by atoms with Gasteiger partial charge in [0.15, 0.2) is 0 Å². The number of hydrogen-bond acceptors (Lipinski definition) is 5. The van der Waals surface area contributed by atoms with Crippen LogP contribution in [0.4, 0.5) is 0 Å². The second-order valence-corrected chi connectivity index (χ2v) is 7.97. The molecule has 0 atom stereocenters. The number of methoxy groups -OCH3 is 1. The summed E-state index contributed by atoms with van der Waals surface area (Å²) in [4.78, 5) is 29.6. The molecule has 1 aliphatic rings. The molecule has 2 heterocycles. The van der Waals surface area contributed by atoms with Crippen LogP contribution in [0.25, 0.3) is 0 Å². The smallest absolute Gasteiger partial charge is 0.274 e. The van der Waals surface area contributed by atoms with Gasteiger partial charge in [-0.1, -0.05) is 42.5 Å². The van der Waals surface area contributed by atoms with Gasteiger partial charge in [0.25, 0.3) is 11.5 Å². The molecule has 1 aliphatic heterocycles. The number of rotatable bonds is 6. The number of carbonyl (C=O) groups is 1. The molecular weight excluding hydrogens is 404 g/mol. The van der Waals surface area contributed by atoms with Gasteiger partial charge in [0, 0.05) is 38.8 Å². The van der Waals surface area contributed by atoms with Crippen molar-refractivity contribution in [2.45, 2.75) is 19.5 Å². The third-order valence-electron chi connectivity index (χ3n) is 5.70. The van der Waals surface area contributed by atoms with Gasteiger partial charge in [0.1, 0.15) is 11.4 Å². The summed E-state index contributed by atoms with van der Waals surface area (Å²) < 4.78 is 6.58. The number of amides is 1. The zero-order valence-corrected chi connectivity index (χ0v) is 18.3. The largest absolute Gasteiger partial charge is 0.497 e. The summed E-state index contributed by atoms with van der Waals surface area (Å²) in [6.45, 7) is 4.22. The predicted molar refractivity (Wildman–Crippen MR) is 123 cm³/mol. The van der Waals surface area contributed by atoms with E-state index < -0.39 is 0 Å². The van der Waals surface area contributed by atoms with E-state index >= 15 is 0 Å². The van der Waals surface area contributed by atoms with Crippen LogP contribution in [0.2, 0.25) is 0 Å². The fourth-order valence-electron chi connectivity index (χ4n) is 3.92. The summed E-state index contributed by atoms with van der Waals surface area (Å²) in [6, 6.07) is 20.7. The maximum Gasteiger partial charge on any atom is 0.274 e. The van der Waals surface area contributed by atoms with Crippen molar-refractivity contribution >= 4 is 5.91 Å². The Labute approximate surface area is 187 Å². The molecule has 166 valence electrons. The van der Waals surface area contributed by atoms with Gasteiger partial charge >= 0.3 is 0 Å². The minimum Gasteiger partial charge on any atom is -0.497 e. The van der Waals surface area contributed by atoms with E-state index in [1.165, 1.54) is 22.4 Å². The highest BCUT2D eigenvalue weighted by Gasteiger charge is 2.22. The Morgan fingerprint density at radius 3 is 2.38 bits per heavy atom. The van der Waals surface area contributed by atoms with E-state index in [1.54, 1.807) is 7.11 Å². The molecule has 0 unspecified atom stereocenters. The van der Waals surface area contributed by atoms with Crippen LogP contribution in [0.5, 0.6) is 5.75 Å². The molecule has 1 aromatic heterocycles. The van der Waals surface area contributed by atoms with Gasteiger partial charge in [-0.2, -0.15) is 5.10 Å². The SMILES string of the molecule is COc1ccc(CN2CCCN(C(=O)c3ccc(=O)n(Cc4ccccc4)n3)CC2)cc1. The zero-order valence-electron chi connectivity index (χ0n) is 18.3. The van der Waals surface area contributed by atoms with E-state index in [4.69, 9.17) is 4.74 Å². The van der Waals surface area contributed by atoms with Gasteiger partial charge in [-0.3, -0.25) is 14.5 Å². The monoisotopic (exact) mass is 432 g/mol. The molecule has 7 heteroatoms. The molecular formula is C25H28N4O3. The topological polar surface area (TPSA) is 67.7 Å². The number of hydrogen-bond donors (Lipinski definition) is 0. The molecule has 2 aromatic carbocycles. The molecule has 0 radical (unpaired) electrons. The molecule has 1 amide bonds. The number of nitrogens with zero attached hydrogens (tertiary/aromatic N) is 4. The molecule has 0 N–H and O–H groups in total. The zero-order chi connectivity index (χ0) is 22.3. The van der Waals surface area contributed by atoms with E-state index in [1.807, 2.05) is 47.4 Å². The van der Waals surface area contributed by atoms with Crippen LogP contribution in [-0.4, -0.2) is 58.8 Å². The van der Waals surface area contributed by atoms with Crippen molar-refractivity contribution in [3.8, 4) is 5.75 Å². The lowest BCUT2D eigenvalue weighted by atomic mass is 10.2. The van der Waals surface area contributed by atoms with Crippen molar-refractivity contribution in [3.63, 3.8) is 0 Å². The summed E-state index contributed by atoms with van der Waals surface area (Å²) in [7, 11) is 1.66. The number of carbonyl (C=O) groups excluding carboxylic acids is 1. The van der Waals surface area contributed by atoms with Crippen LogP contribution >= 0.6 is 0 Å². The minimum absolute atomic E-state index is 0.127. The third-order valence-corrected chi connectivity index (χ3v) is 5.70. The molecule has 0 saturated carbocycles. The third kappa shape index (κ3) is 5.42. The number of benzene rings is 2. The van der Waals surface area contributed by atoms with E-state index in [2.05, 4.69) is 22.1 Å². The van der Waals surface area contributed by atoms with Crippen molar-refractivity contribution in [1.29, 1.82) is 0 Å². The molecule has 32 heavy (non-hydrogen) atoms. The summed E-state index contributed by atoms with van der Waals surface area (Å²) >= 11 is 0. The van der Waals surface area contributed by atoms with Crippen molar-refractivity contribution in [2.75, 3.05) is 33.3 Å². The maximum atomic E-state index is 13.1. The van der Waals surface area contributed by atoms with Crippen LogP contribution in [0.3, 0.4) is 0 Å². The molecule has 1 saturated heterocycles. The Balaban J connectivity index is 1.40. The van der Waals surface area contributed by atoms with Gasteiger partial charge in [-0.15, -0.1) is 0 Å². The highest BCUT2D eigenvalue weighted by atomic mass is 16.5. The van der Waals surface area contributed by atoms with Crippen molar-refractivity contribution in [2.24, 2.45) is 0 Å². The molecule has 4 rings (SSSR count). The van der Waals surface area contributed by atoms with E-state index in [9.17, 15) is 9.59 Å². The molecule has 3 aromatic rings. The highest BCUT2D eigenvalue weighted by Crippen LogP contribution is 2.15. The van der Waals surface area contributed by atoms with Crippen LogP contribution < -0.4 is 10.3 Å². The molecule has 0 spiro atoms. The lowest BCUT2D eigenvalue weighted by Gasteiger charge is -2.22. The van der Waals surface area contributed by atoms with E-state index in [-0.39, 0.29) is 11.5 Å². The second-order valence-electron chi connectivity index (χ2n) is 7.97. The number of aromatic nitrogens is 2. The van der Waals surface area contributed by atoms with Crippen LogP contribution in [0, 0.1) is 0 Å². The lowest BCUT2D eigenvalue weighted by Crippen LogP contribution is -2.37. The van der Waals surface area contributed by atoms with Gasteiger partial charge in [0.2, 0.25) is 0 Å². The molecule has 0 bridgehead atoms. The van der Waals surface area contributed by atoms with Crippen molar-refractivity contribution in [3.05, 3.63) is 93.9 Å².